The van der Waals surface area contributed by atoms with Gasteiger partial charge in [-0.05, 0) is 13.0 Å². The Balaban J connectivity index is 2.02. The Hall–Kier alpha value is -1.14. The van der Waals surface area contributed by atoms with Gasteiger partial charge in [0.05, 0.1) is 11.5 Å². The van der Waals surface area contributed by atoms with E-state index in [9.17, 15) is 8.42 Å². The number of rotatable bonds is 4. The number of pyridine rings is 1. The summed E-state index contributed by atoms with van der Waals surface area (Å²) in [7, 11) is -2.80. The first-order valence-corrected chi connectivity index (χ1v) is 8.03. The zero-order valence-corrected chi connectivity index (χ0v) is 11.4. The summed E-state index contributed by atoms with van der Waals surface area (Å²) in [6, 6.07) is 3.95. The summed E-state index contributed by atoms with van der Waals surface area (Å²) >= 11 is 0. The monoisotopic (exact) mass is 269 g/mol. The van der Waals surface area contributed by atoms with Gasteiger partial charge in [-0.15, -0.1) is 0 Å². The minimum Gasteiger partial charge on any atom is -0.370 e. The first-order valence-electron chi connectivity index (χ1n) is 6.21. The van der Waals surface area contributed by atoms with Gasteiger partial charge in [0.15, 0.2) is 9.84 Å². The molecule has 0 aromatic carbocycles. The molecule has 0 amide bonds. The SMILES string of the molecule is CCNc1ncccc1CN1CCS(=O)(=O)CC1. The summed E-state index contributed by atoms with van der Waals surface area (Å²) < 4.78 is 22.7. The normalized spacial score (nSPS) is 19.6. The van der Waals surface area contributed by atoms with Crippen molar-refractivity contribution in [2.75, 3.05) is 36.5 Å². The third-order valence-corrected chi connectivity index (χ3v) is 4.68. The lowest BCUT2D eigenvalue weighted by atomic mass is 10.2. The van der Waals surface area contributed by atoms with Crippen LogP contribution >= 0.6 is 0 Å². The van der Waals surface area contributed by atoms with Crippen molar-refractivity contribution in [1.82, 2.24) is 9.88 Å². The molecule has 0 aliphatic carbocycles. The first kappa shape index (κ1) is 13.3. The van der Waals surface area contributed by atoms with Crippen LogP contribution in [-0.2, 0) is 16.4 Å². The van der Waals surface area contributed by atoms with Crippen molar-refractivity contribution in [1.29, 1.82) is 0 Å². The quantitative estimate of drug-likeness (QED) is 0.873. The van der Waals surface area contributed by atoms with E-state index in [-0.39, 0.29) is 11.5 Å². The van der Waals surface area contributed by atoms with E-state index in [2.05, 4.69) is 15.2 Å². The summed E-state index contributed by atoms with van der Waals surface area (Å²) in [5.41, 5.74) is 1.12. The summed E-state index contributed by atoms with van der Waals surface area (Å²) in [6.45, 7) is 4.85. The van der Waals surface area contributed by atoms with Crippen molar-refractivity contribution in [3.05, 3.63) is 23.9 Å². The van der Waals surface area contributed by atoms with Gasteiger partial charge in [0, 0.05) is 37.9 Å². The average molecular weight is 269 g/mol. The van der Waals surface area contributed by atoms with Crippen molar-refractivity contribution in [2.24, 2.45) is 0 Å². The molecule has 0 atom stereocenters. The summed E-state index contributed by atoms with van der Waals surface area (Å²) in [5, 5.41) is 3.23. The molecule has 1 fully saturated rings. The second kappa shape index (κ2) is 5.67. The predicted octanol–water partition coefficient (Wildman–Crippen LogP) is 0.744. The smallest absolute Gasteiger partial charge is 0.152 e. The molecule has 2 rings (SSSR count). The maximum Gasteiger partial charge on any atom is 0.152 e. The van der Waals surface area contributed by atoms with Gasteiger partial charge in [-0.2, -0.15) is 0 Å². The molecule has 1 N–H and O–H groups in total. The van der Waals surface area contributed by atoms with E-state index in [1.165, 1.54) is 0 Å². The van der Waals surface area contributed by atoms with Crippen molar-refractivity contribution in [3.8, 4) is 0 Å². The van der Waals surface area contributed by atoms with E-state index in [4.69, 9.17) is 0 Å². The number of sulfone groups is 1. The van der Waals surface area contributed by atoms with Crippen molar-refractivity contribution in [3.63, 3.8) is 0 Å². The lowest BCUT2D eigenvalue weighted by molar-refractivity contribution is 0.288. The predicted molar refractivity (Wildman–Crippen MR) is 72.3 cm³/mol. The number of nitrogens with zero attached hydrogens (tertiary/aromatic N) is 2. The standard InChI is InChI=1S/C12H19N3O2S/c1-2-13-12-11(4-3-5-14-12)10-15-6-8-18(16,17)9-7-15/h3-5H,2,6-10H2,1H3,(H,13,14). The Labute approximate surface area is 108 Å². The molecule has 0 radical (unpaired) electrons. The maximum atomic E-state index is 11.4. The van der Waals surface area contributed by atoms with Crippen LogP contribution < -0.4 is 5.32 Å². The molecule has 0 saturated carbocycles. The van der Waals surface area contributed by atoms with Gasteiger partial charge in [-0.3, -0.25) is 4.90 Å². The lowest BCUT2D eigenvalue weighted by Gasteiger charge is -2.27. The van der Waals surface area contributed by atoms with Gasteiger partial charge in [-0.1, -0.05) is 6.07 Å². The zero-order chi connectivity index (χ0) is 13.0. The van der Waals surface area contributed by atoms with E-state index in [1.807, 2.05) is 19.1 Å². The Bertz CT molecular complexity index is 488. The average Bonchev–Trinajstić information content (AvgIpc) is 2.35. The molecular formula is C12H19N3O2S. The zero-order valence-electron chi connectivity index (χ0n) is 10.6. The largest absolute Gasteiger partial charge is 0.370 e. The molecule has 1 saturated heterocycles. The molecule has 0 spiro atoms. The summed E-state index contributed by atoms with van der Waals surface area (Å²) in [6.07, 6.45) is 1.77. The molecule has 0 bridgehead atoms. The van der Waals surface area contributed by atoms with Crippen molar-refractivity contribution >= 4 is 15.7 Å². The molecular weight excluding hydrogens is 250 g/mol. The van der Waals surface area contributed by atoms with Crippen LogP contribution in [0, 0.1) is 0 Å². The van der Waals surface area contributed by atoms with Crippen LogP contribution in [0.15, 0.2) is 18.3 Å². The van der Waals surface area contributed by atoms with E-state index >= 15 is 0 Å². The van der Waals surface area contributed by atoms with Crippen molar-refractivity contribution in [2.45, 2.75) is 13.5 Å². The van der Waals surface area contributed by atoms with Crippen LogP contribution in [-0.4, -0.2) is 49.4 Å². The topological polar surface area (TPSA) is 62.3 Å². The third kappa shape index (κ3) is 3.43. The Kier molecular flexibility index (Phi) is 4.19. The molecule has 100 valence electrons. The minimum absolute atomic E-state index is 0.268. The molecule has 18 heavy (non-hydrogen) atoms. The first-order chi connectivity index (χ1) is 8.61. The van der Waals surface area contributed by atoms with Gasteiger partial charge in [0.1, 0.15) is 5.82 Å². The summed E-state index contributed by atoms with van der Waals surface area (Å²) in [5.74, 6) is 1.43. The molecule has 1 aromatic heterocycles. The molecule has 6 heteroatoms. The van der Waals surface area contributed by atoms with E-state index < -0.39 is 9.84 Å². The lowest BCUT2D eigenvalue weighted by Crippen LogP contribution is -2.39. The van der Waals surface area contributed by atoms with Crippen LogP contribution in [0.5, 0.6) is 0 Å². The maximum absolute atomic E-state index is 11.4. The highest BCUT2D eigenvalue weighted by atomic mass is 32.2. The van der Waals surface area contributed by atoms with Crippen LogP contribution in [0.2, 0.25) is 0 Å². The number of aromatic nitrogens is 1. The molecule has 1 aliphatic heterocycles. The van der Waals surface area contributed by atoms with Gasteiger partial charge in [0.25, 0.3) is 0 Å². The van der Waals surface area contributed by atoms with Gasteiger partial charge in [0.2, 0.25) is 0 Å². The fourth-order valence-electron chi connectivity index (χ4n) is 2.04. The van der Waals surface area contributed by atoms with E-state index in [0.29, 0.717) is 13.1 Å². The van der Waals surface area contributed by atoms with Gasteiger partial charge in [-0.25, -0.2) is 13.4 Å². The summed E-state index contributed by atoms with van der Waals surface area (Å²) in [4.78, 5) is 6.47. The van der Waals surface area contributed by atoms with Crippen LogP contribution in [0.25, 0.3) is 0 Å². The fraction of sp³-hybridized carbons (Fsp3) is 0.583. The van der Waals surface area contributed by atoms with Crippen LogP contribution in [0.3, 0.4) is 0 Å². The second-order valence-electron chi connectivity index (χ2n) is 4.47. The second-order valence-corrected chi connectivity index (χ2v) is 6.77. The van der Waals surface area contributed by atoms with E-state index in [1.54, 1.807) is 6.20 Å². The number of hydrogen-bond donors (Lipinski definition) is 1. The minimum atomic E-state index is -2.80. The fourth-order valence-corrected chi connectivity index (χ4v) is 3.32. The highest BCUT2D eigenvalue weighted by molar-refractivity contribution is 7.91. The van der Waals surface area contributed by atoms with E-state index in [0.717, 1.165) is 24.5 Å². The third-order valence-electron chi connectivity index (χ3n) is 3.07. The number of anilines is 1. The molecule has 0 unspecified atom stereocenters. The van der Waals surface area contributed by atoms with Crippen LogP contribution in [0.1, 0.15) is 12.5 Å². The van der Waals surface area contributed by atoms with Crippen molar-refractivity contribution < 1.29 is 8.42 Å². The van der Waals surface area contributed by atoms with Gasteiger partial charge >= 0.3 is 0 Å². The van der Waals surface area contributed by atoms with Gasteiger partial charge < -0.3 is 5.32 Å². The highest BCUT2D eigenvalue weighted by Crippen LogP contribution is 2.15. The highest BCUT2D eigenvalue weighted by Gasteiger charge is 2.22. The Morgan fingerprint density at radius 1 is 1.39 bits per heavy atom. The Morgan fingerprint density at radius 2 is 2.11 bits per heavy atom. The molecule has 5 nitrogen and oxygen atoms in total. The molecule has 1 aromatic rings. The molecule has 1 aliphatic rings. The number of hydrogen-bond acceptors (Lipinski definition) is 5. The van der Waals surface area contributed by atoms with Crippen LogP contribution in [0.4, 0.5) is 5.82 Å². The molecule has 2 heterocycles. The number of nitrogens with one attached hydrogen (secondary N) is 1. The Morgan fingerprint density at radius 3 is 2.78 bits per heavy atom.